The predicted octanol–water partition coefficient (Wildman–Crippen LogP) is 3.63. The van der Waals surface area contributed by atoms with E-state index in [1.54, 1.807) is 13.0 Å². The fourth-order valence-electron chi connectivity index (χ4n) is 1.87. The molecule has 106 valence electrons. The first-order valence-corrected chi connectivity index (χ1v) is 6.54. The van der Waals surface area contributed by atoms with Gasteiger partial charge in [0.15, 0.2) is 0 Å². The number of benzene rings is 1. The Morgan fingerprint density at radius 3 is 2.60 bits per heavy atom. The van der Waals surface area contributed by atoms with Crippen molar-refractivity contribution >= 4 is 5.82 Å². The molecule has 0 aliphatic rings. The van der Waals surface area contributed by atoms with Crippen molar-refractivity contribution in [2.24, 2.45) is 0 Å². The maximum Gasteiger partial charge on any atom is 0.227 e. The molecule has 0 radical (unpaired) electrons. The lowest BCUT2D eigenvalue weighted by Gasteiger charge is -2.13. The highest BCUT2D eigenvalue weighted by molar-refractivity contribution is 5.49. The van der Waals surface area contributed by atoms with Crippen molar-refractivity contribution in [3.05, 3.63) is 41.0 Å². The molecule has 0 fully saturated rings. The number of ether oxygens (including phenoxy) is 1. The van der Waals surface area contributed by atoms with E-state index in [9.17, 15) is 4.39 Å². The molecule has 0 bridgehead atoms. The number of aryl methyl sites for hydroxylation is 2. The highest BCUT2D eigenvalue weighted by Crippen LogP contribution is 2.29. The van der Waals surface area contributed by atoms with Crippen LogP contribution in [0.4, 0.5) is 10.2 Å². The van der Waals surface area contributed by atoms with Gasteiger partial charge in [0.25, 0.3) is 0 Å². The van der Waals surface area contributed by atoms with Gasteiger partial charge in [-0.05, 0) is 37.6 Å². The van der Waals surface area contributed by atoms with Gasteiger partial charge in [-0.1, -0.05) is 6.92 Å². The van der Waals surface area contributed by atoms with Gasteiger partial charge < -0.3 is 10.1 Å². The summed E-state index contributed by atoms with van der Waals surface area (Å²) in [5.41, 5.74) is 1.56. The van der Waals surface area contributed by atoms with Crippen LogP contribution >= 0.6 is 0 Å². The summed E-state index contributed by atoms with van der Waals surface area (Å²) in [6.07, 6.45) is 0.716. The van der Waals surface area contributed by atoms with Gasteiger partial charge in [0, 0.05) is 13.5 Å². The molecule has 5 heteroatoms. The summed E-state index contributed by atoms with van der Waals surface area (Å²) in [5.74, 6) is 2.26. The molecule has 1 heterocycles. The molecule has 20 heavy (non-hydrogen) atoms. The second kappa shape index (κ2) is 5.86. The van der Waals surface area contributed by atoms with E-state index in [0.717, 1.165) is 16.9 Å². The molecular formula is C15H18FN3O. The Morgan fingerprint density at radius 1 is 1.25 bits per heavy atom. The van der Waals surface area contributed by atoms with Crippen LogP contribution in [0.5, 0.6) is 11.6 Å². The monoisotopic (exact) mass is 275 g/mol. The lowest BCUT2D eigenvalue weighted by molar-refractivity contribution is 0.450. The van der Waals surface area contributed by atoms with E-state index >= 15 is 0 Å². The predicted molar refractivity (Wildman–Crippen MR) is 76.9 cm³/mol. The lowest BCUT2D eigenvalue weighted by Crippen LogP contribution is -2.05. The van der Waals surface area contributed by atoms with E-state index in [1.807, 2.05) is 20.9 Å². The van der Waals surface area contributed by atoms with Crippen LogP contribution in [0.1, 0.15) is 23.9 Å². The third-order valence-corrected chi connectivity index (χ3v) is 3.04. The third-order valence-electron chi connectivity index (χ3n) is 3.04. The van der Waals surface area contributed by atoms with Gasteiger partial charge in [0.05, 0.1) is 5.56 Å². The summed E-state index contributed by atoms with van der Waals surface area (Å²) >= 11 is 0. The largest absolute Gasteiger partial charge is 0.438 e. The van der Waals surface area contributed by atoms with Crippen molar-refractivity contribution in [3.63, 3.8) is 0 Å². The molecule has 0 spiro atoms. The summed E-state index contributed by atoms with van der Waals surface area (Å²) in [6.45, 7) is 5.67. The highest BCUT2D eigenvalue weighted by atomic mass is 19.1. The normalized spacial score (nSPS) is 10.4. The van der Waals surface area contributed by atoms with Gasteiger partial charge in [-0.25, -0.2) is 9.37 Å². The molecule has 0 unspecified atom stereocenters. The fraction of sp³-hybridized carbons (Fsp3) is 0.333. The number of rotatable bonds is 4. The third kappa shape index (κ3) is 2.87. The van der Waals surface area contributed by atoms with Crippen molar-refractivity contribution in [1.82, 2.24) is 9.97 Å². The zero-order valence-corrected chi connectivity index (χ0v) is 12.1. The Balaban J connectivity index is 2.42. The van der Waals surface area contributed by atoms with Crippen molar-refractivity contribution in [3.8, 4) is 11.6 Å². The summed E-state index contributed by atoms with van der Waals surface area (Å²) in [7, 11) is 1.81. The molecule has 1 aromatic carbocycles. The smallest absolute Gasteiger partial charge is 0.227 e. The second-order valence-corrected chi connectivity index (χ2v) is 4.53. The Kier molecular flexibility index (Phi) is 4.17. The fourth-order valence-corrected chi connectivity index (χ4v) is 1.87. The van der Waals surface area contributed by atoms with Crippen molar-refractivity contribution < 1.29 is 9.13 Å². The van der Waals surface area contributed by atoms with E-state index in [4.69, 9.17) is 4.74 Å². The molecule has 0 atom stereocenters. The standard InChI is InChI=1S/C15H18FN3O/c1-5-13-18-14(17-4)10(3)15(19-13)20-12-7-6-11(16)8-9(12)2/h6-8H,5H2,1-4H3,(H,17,18,19). The minimum atomic E-state index is -0.278. The Bertz CT molecular complexity index is 629. The quantitative estimate of drug-likeness (QED) is 0.925. The van der Waals surface area contributed by atoms with E-state index in [0.29, 0.717) is 23.9 Å². The molecule has 0 saturated heterocycles. The molecule has 2 rings (SSSR count). The van der Waals surface area contributed by atoms with Crippen LogP contribution in [0, 0.1) is 19.7 Å². The summed E-state index contributed by atoms with van der Waals surface area (Å²) in [4.78, 5) is 8.78. The molecular weight excluding hydrogens is 257 g/mol. The summed E-state index contributed by atoms with van der Waals surface area (Å²) in [5, 5.41) is 3.03. The van der Waals surface area contributed by atoms with E-state index in [2.05, 4.69) is 15.3 Å². The molecule has 4 nitrogen and oxygen atoms in total. The average Bonchev–Trinajstić information content (AvgIpc) is 2.43. The molecule has 0 saturated carbocycles. The maximum absolute atomic E-state index is 13.1. The Hall–Kier alpha value is -2.17. The van der Waals surface area contributed by atoms with Crippen LogP contribution in [-0.2, 0) is 6.42 Å². The molecule has 0 aliphatic heterocycles. The molecule has 0 aliphatic carbocycles. The summed E-state index contributed by atoms with van der Waals surface area (Å²) < 4.78 is 18.9. The number of hydrogen-bond acceptors (Lipinski definition) is 4. The number of halogens is 1. The molecule has 1 aromatic heterocycles. The van der Waals surface area contributed by atoms with Gasteiger partial charge in [-0.15, -0.1) is 0 Å². The van der Waals surface area contributed by atoms with Gasteiger partial charge in [0.1, 0.15) is 23.2 Å². The van der Waals surface area contributed by atoms with Crippen molar-refractivity contribution in [2.75, 3.05) is 12.4 Å². The first kappa shape index (κ1) is 14.2. The van der Waals surface area contributed by atoms with Crippen LogP contribution in [0.3, 0.4) is 0 Å². The SMILES string of the molecule is CCc1nc(NC)c(C)c(Oc2ccc(F)cc2C)n1. The minimum absolute atomic E-state index is 0.278. The minimum Gasteiger partial charge on any atom is -0.438 e. The number of nitrogens with zero attached hydrogens (tertiary/aromatic N) is 2. The first-order chi connectivity index (χ1) is 9.55. The van der Waals surface area contributed by atoms with Gasteiger partial charge in [-0.2, -0.15) is 4.98 Å². The van der Waals surface area contributed by atoms with Crippen molar-refractivity contribution in [2.45, 2.75) is 27.2 Å². The second-order valence-electron chi connectivity index (χ2n) is 4.53. The van der Waals surface area contributed by atoms with Crippen LogP contribution in [0.2, 0.25) is 0 Å². The topological polar surface area (TPSA) is 47.0 Å². The number of aromatic nitrogens is 2. The van der Waals surface area contributed by atoms with Crippen LogP contribution in [0.25, 0.3) is 0 Å². The zero-order chi connectivity index (χ0) is 14.7. The van der Waals surface area contributed by atoms with Gasteiger partial charge >= 0.3 is 0 Å². The average molecular weight is 275 g/mol. The number of anilines is 1. The lowest BCUT2D eigenvalue weighted by atomic mass is 10.2. The highest BCUT2D eigenvalue weighted by Gasteiger charge is 2.12. The van der Waals surface area contributed by atoms with Crippen LogP contribution in [0.15, 0.2) is 18.2 Å². The maximum atomic E-state index is 13.1. The van der Waals surface area contributed by atoms with E-state index in [1.165, 1.54) is 12.1 Å². The molecule has 1 N–H and O–H groups in total. The first-order valence-electron chi connectivity index (χ1n) is 6.54. The molecule has 2 aromatic rings. The van der Waals surface area contributed by atoms with Crippen LogP contribution in [-0.4, -0.2) is 17.0 Å². The van der Waals surface area contributed by atoms with Gasteiger partial charge in [-0.3, -0.25) is 0 Å². The Morgan fingerprint density at radius 2 is 2.00 bits per heavy atom. The van der Waals surface area contributed by atoms with Crippen LogP contribution < -0.4 is 10.1 Å². The molecule has 0 amide bonds. The Labute approximate surface area is 118 Å². The van der Waals surface area contributed by atoms with E-state index in [-0.39, 0.29) is 5.82 Å². The summed E-state index contributed by atoms with van der Waals surface area (Å²) in [6, 6.07) is 4.42. The van der Waals surface area contributed by atoms with Gasteiger partial charge in [0.2, 0.25) is 5.88 Å². The zero-order valence-electron chi connectivity index (χ0n) is 12.1. The van der Waals surface area contributed by atoms with E-state index < -0.39 is 0 Å². The number of nitrogens with one attached hydrogen (secondary N) is 1. The number of hydrogen-bond donors (Lipinski definition) is 1. The van der Waals surface area contributed by atoms with Crippen molar-refractivity contribution in [1.29, 1.82) is 0 Å².